The van der Waals surface area contributed by atoms with Crippen molar-refractivity contribution in [3.8, 4) is 5.75 Å². The Morgan fingerprint density at radius 2 is 2.10 bits per heavy atom. The van der Waals surface area contributed by atoms with E-state index in [2.05, 4.69) is 43.5 Å². The van der Waals surface area contributed by atoms with Gasteiger partial charge in [-0.05, 0) is 61.7 Å². The van der Waals surface area contributed by atoms with E-state index < -0.39 is 0 Å². The lowest BCUT2D eigenvalue weighted by Crippen LogP contribution is -2.13. The molecule has 3 heteroatoms. The summed E-state index contributed by atoms with van der Waals surface area (Å²) in [6, 6.07) is 8.59. The highest BCUT2D eigenvalue weighted by Crippen LogP contribution is 2.31. The average molecular weight is 289 g/mol. The minimum Gasteiger partial charge on any atom is -0.496 e. The zero-order chi connectivity index (χ0) is 14.5. The molecule has 1 unspecified atom stereocenters. The molecular weight excluding hydrogens is 266 g/mol. The first kappa shape index (κ1) is 15.1. The number of thiophene rings is 1. The molecule has 2 N–H and O–H groups in total. The van der Waals surface area contributed by atoms with Crippen molar-refractivity contribution in [2.75, 3.05) is 7.11 Å². The lowest BCUT2D eigenvalue weighted by molar-refractivity contribution is 0.402. The highest BCUT2D eigenvalue weighted by atomic mass is 32.1. The molecule has 0 fully saturated rings. The van der Waals surface area contributed by atoms with Gasteiger partial charge in [0.05, 0.1) is 7.11 Å². The SMILES string of the molecule is COc1cc(C)cc(C)c1C(N)CCCc1cccs1. The van der Waals surface area contributed by atoms with Crippen LogP contribution < -0.4 is 10.5 Å². The molecule has 0 spiro atoms. The molecule has 20 heavy (non-hydrogen) atoms. The third-order valence-electron chi connectivity index (χ3n) is 3.60. The Bertz CT molecular complexity index is 548. The monoisotopic (exact) mass is 289 g/mol. The fourth-order valence-electron chi connectivity index (χ4n) is 2.68. The molecule has 0 saturated heterocycles. The van der Waals surface area contributed by atoms with Crippen molar-refractivity contribution in [3.05, 3.63) is 51.2 Å². The molecule has 0 bridgehead atoms. The van der Waals surface area contributed by atoms with Gasteiger partial charge < -0.3 is 10.5 Å². The Balaban J connectivity index is 2.03. The first-order valence-corrected chi connectivity index (χ1v) is 7.93. The van der Waals surface area contributed by atoms with Crippen LogP contribution in [0.25, 0.3) is 0 Å². The summed E-state index contributed by atoms with van der Waals surface area (Å²) in [5.41, 5.74) is 9.99. The molecule has 2 aromatic rings. The van der Waals surface area contributed by atoms with Crippen LogP contribution >= 0.6 is 11.3 Å². The standard InChI is InChI=1S/C17H23NOS/c1-12-10-13(2)17(16(11-12)19-3)15(18)8-4-6-14-7-5-9-20-14/h5,7,9-11,15H,4,6,8,18H2,1-3H3. The molecule has 2 nitrogen and oxygen atoms in total. The predicted octanol–water partition coefficient (Wildman–Crippen LogP) is 4.40. The third-order valence-corrected chi connectivity index (χ3v) is 4.54. The highest BCUT2D eigenvalue weighted by molar-refractivity contribution is 7.09. The highest BCUT2D eigenvalue weighted by Gasteiger charge is 2.15. The minimum atomic E-state index is 0.0468. The molecule has 0 amide bonds. The quantitative estimate of drug-likeness (QED) is 0.855. The van der Waals surface area contributed by atoms with E-state index in [1.807, 2.05) is 11.3 Å². The van der Waals surface area contributed by atoms with Crippen LogP contribution in [0.5, 0.6) is 5.75 Å². The second-order valence-corrected chi connectivity index (χ2v) is 6.31. The Morgan fingerprint density at radius 1 is 1.30 bits per heavy atom. The molecular formula is C17H23NOS. The first-order chi connectivity index (χ1) is 9.61. The largest absolute Gasteiger partial charge is 0.496 e. The maximum atomic E-state index is 6.39. The van der Waals surface area contributed by atoms with Crippen LogP contribution in [0.2, 0.25) is 0 Å². The predicted molar refractivity (Wildman–Crippen MR) is 86.7 cm³/mol. The van der Waals surface area contributed by atoms with Gasteiger partial charge in [0.2, 0.25) is 0 Å². The maximum absolute atomic E-state index is 6.39. The molecule has 0 aliphatic heterocycles. The number of aryl methyl sites for hydroxylation is 3. The van der Waals surface area contributed by atoms with E-state index in [-0.39, 0.29) is 6.04 Å². The number of rotatable bonds is 6. The molecule has 0 radical (unpaired) electrons. The Kier molecular flexibility index (Phi) is 5.21. The van der Waals surface area contributed by atoms with E-state index in [4.69, 9.17) is 10.5 Å². The van der Waals surface area contributed by atoms with Crippen LogP contribution in [0.15, 0.2) is 29.6 Å². The van der Waals surface area contributed by atoms with Crippen LogP contribution in [-0.2, 0) is 6.42 Å². The van der Waals surface area contributed by atoms with E-state index in [0.29, 0.717) is 0 Å². The second-order valence-electron chi connectivity index (χ2n) is 5.28. The van der Waals surface area contributed by atoms with Crippen molar-refractivity contribution >= 4 is 11.3 Å². The smallest absolute Gasteiger partial charge is 0.124 e. The van der Waals surface area contributed by atoms with Crippen LogP contribution in [-0.4, -0.2) is 7.11 Å². The molecule has 1 aromatic heterocycles. The first-order valence-electron chi connectivity index (χ1n) is 7.05. The summed E-state index contributed by atoms with van der Waals surface area (Å²) in [4.78, 5) is 1.43. The molecule has 0 saturated carbocycles. The van der Waals surface area contributed by atoms with Gasteiger partial charge in [0.1, 0.15) is 5.75 Å². The molecule has 108 valence electrons. The van der Waals surface area contributed by atoms with Gasteiger partial charge in [0, 0.05) is 16.5 Å². The third kappa shape index (κ3) is 3.62. The zero-order valence-corrected chi connectivity index (χ0v) is 13.3. The summed E-state index contributed by atoms with van der Waals surface area (Å²) in [6.07, 6.45) is 3.20. The van der Waals surface area contributed by atoms with Crippen LogP contribution in [0, 0.1) is 13.8 Å². The summed E-state index contributed by atoms with van der Waals surface area (Å²) in [7, 11) is 1.72. The summed E-state index contributed by atoms with van der Waals surface area (Å²) in [5.74, 6) is 0.922. The molecule has 1 heterocycles. The van der Waals surface area contributed by atoms with E-state index in [1.165, 1.54) is 16.0 Å². The van der Waals surface area contributed by atoms with Crippen LogP contribution in [0.1, 0.15) is 40.5 Å². The second kappa shape index (κ2) is 6.91. The van der Waals surface area contributed by atoms with E-state index in [1.54, 1.807) is 7.11 Å². The number of ether oxygens (including phenoxy) is 1. The summed E-state index contributed by atoms with van der Waals surface area (Å²) in [5, 5.41) is 2.13. The Morgan fingerprint density at radius 3 is 2.75 bits per heavy atom. The van der Waals surface area contributed by atoms with Gasteiger partial charge in [0.15, 0.2) is 0 Å². The van der Waals surface area contributed by atoms with Gasteiger partial charge in [0.25, 0.3) is 0 Å². The summed E-state index contributed by atoms with van der Waals surface area (Å²) >= 11 is 1.82. The average Bonchev–Trinajstić information content (AvgIpc) is 2.90. The molecule has 1 aromatic carbocycles. The molecule has 0 aliphatic rings. The molecule has 0 aliphatic carbocycles. The normalized spacial score (nSPS) is 12.4. The Labute approximate surface area is 125 Å². The fraction of sp³-hybridized carbons (Fsp3) is 0.412. The van der Waals surface area contributed by atoms with Gasteiger partial charge >= 0.3 is 0 Å². The zero-order valence-electron chi connectivity index (χ0n) is 12.5. The fourth-order valence-corrected chi connectivity index (χ4v) is 3.43. The molecule has 2 rings (SSSR count). The number of nitrogens with two attached hydrogens (primary N) is 1. The van der Waals surface area contributed by atoms with Crippen molar-refractivity contribution in [1.29, 1.82) is 0 Å². The lowest BCUT2D eigenvalue weighted by atomic mass is 9.95. The minimum absolute atomic E-state index is 0.0468. The number of hydrogen-bond acceptors (Lipinski definition) is 3. The van der Waals surface area contributed by atoms with Gasteiger partial charge in [-0.3, -0.25) is 0 Å². The summed E-state index contributed by atoms with van der Waals surface area (Å²) < 4.78 is 5.50. The van der Waals surface area contributed by atoms with E-state index in [9.17, 15) is 0 Å². The van der Waals surface area contributed by atoms with Crippen LogP contribution in [0.4, 0.5) is 0 Å². The van der Waals surface area contributed by atoms with Gasteiger partial charge in [-0.15, -0.1) is 11.3 Å². The van der Waals surface area contributed by atoms with Crippen molar-refractivity contribution in [2.24, 2.45) is 5.73 Å². The topological polar surface area (TPSA) is 35.2 Å². The maximum Gasteiger partial charge on any atom is 0.124 e. The molecule has 1 atom stereocenters. The number of benzene rings is 1. The van der Waals surface area contributed by atoms with Crippen LogP contribution in [0.3, 0.4) is 0 Å². The van der Waals surface area contributed by atoms with Crippen molar-refractivity contribution < 1.29 is 4.74 Å². The lowest BCUT2D eigenvalue weighted by Gasteiger charge is -2.19. The van der Waals surface area contributed by atoms with Gasteiger partial charge in [-0.2, -0.15) is 0 Å². The summed E-state index contributed by atoms with van der Waals surface area (Å²) in [6.45, 7) is 4.20. The van der Waals surface area contributed by atoms with Crippen molar-refractivity contribution in [2.45, 2.75) is 39.2 Å². The number of hydrogen-bond donors (Lipinski definition) is 1. The van der Waals surface area contributed by atoms with E-state index >= 15 is 0 Å². The van der Waals surface area contributed by atoms with Gasteiger partial charge in [-0.25, -0.2) is 0 Å². The van der Waals surface area contributed by atoms with Crippen molar-refractivity contribution in [1.82, 2.24) is 0 Å². The van der Waals surface area contributed by atoms with Gasteiger partial charge in [-0.1, -0.05) is 12.1 Å². The number of methoxy groups -OCH3 is 1. The van der Waals surface area contributed by atoms with Crippen molar-refractivity contribution in [3.63, 3.8) is 0 Å². The Hall–Kier alpha value is -1.32. The van der Waals surface area contributed by atoms with E-state index in [0.717, 1.165) is 30.6 Å².